The van der Waals surface area contributed by atoms with E-state index >= 15 is 0 Å². The third-order valence-corrected chi connectivity index (χ3v) is 17.4. The SMILES string of the molecule is CCC1C(c2ccc3c(c2)C(C)(C)c2ccccc2-3)=NC(c2ccccc2)=NC1c1ccc2c(c1)-c1ccccc1C21c2ccccc2C2(c3ccccc3Sc3ccccc32)c2ccccc21. The van der Waals surface area contributed by atoms with Crippen LogP contribution in [0.2, 0.25) is 0 Å². The topological polar surface area (TPSA) is 24.7 Å². The quantitative estimate of drug-likeness (QED) is 0.173. The van der Waals surface area contributed by atoms with Gasteiger partial charge in [0, 0.05) is 26.7 Å². The van der Waals surface area contributed by atoms with Gasteiger partial charge in [-0.3, -0.25) is 4.99 Å². The van der Waals surface area contributed by atoms with E-state index in [0.29, 0.717) is 0 Å². The Bertz CT molecular complexity index is 3550. The summed E-state index contributed by atoms with van der Waals surface area (Å²) in [5, 5.41) is 0. The fourth-order valence-corrected chi connectivity index (χ4v) is 14.6. The van der Waals surface area contributed by atoms with Gasteiger partial charge in [0.05, 0.1) is 22.6 Å². The summed E-state index contributed by atoms with van der Waals surface area (Å²) in [5.74, 6) is 0.860. The van der Waals surface area contributed by atoms with Crippen molar-refractivity contribution in [3.8, 4) is 22.3 Å². The Morgan fingerprint density at radius 2 is 0.897 bits per heavy atom. The van der Waals surface area contributed by atoms with Gasteiger partial charge in [-0.2, -0.15) is 0 Å². The first-order chi connectivity index (χ1) is 33.4. The van der Waals surface area contributed by atoms with Crippen LogP contribution in [0.1, 0.15) is 106 Å². The minimum atomic E-state index is -0.548. The molecule has 0 N–H and O–H groups in total. The van der Waals surface area contributed by atoms with Gasteiger partial charge in [0.2, 0.25) is 0 Å². The van der Waals surface area contributed by atoms with Crippen LogP contribution in [0.25, 0.3) is 22.3 Å². The van der Waals surface area contributed by atoms with Gasteiger partial charge in [-0.1, -0.05) is 221 Å². The van der Waals surface area contributed by atoms with E-state index in [-0.39, 0.29) is 17.4 Å². The summed E-state index contributed by atoms with van der Waals surface area (Å²) in [4.78, 5) is 13.8. The van der Waals surface area contributed by atoms with Gasteiger partial charge >= 0.3 is 0 Å². The molecule has 0 amide bonds. The molecule has 14 rings (SSSR count). The lowest BCUT2D eigenvalue weighted by Gasteiger charge is -2.51. The molecule has 0 aromatic heterocycles. The average molecular weight is 889 g/mol. The molecule has 2 atom stereocenters. The predicted octanol–water partition coefficient (Wildman–Crippen LogP) is 15.5. The van der Waals surface area contributed by atoms with Gasteiger partial charge in [-0.25, -0.2) is 4.99 Å². The molecule has 2 heterocycles. The first-order valence-corrected chi connectivity index (χ1v) is 25.0. The molecule has 0 saturated carbocycles. The Labute approximate surface area is 403 Å². The van der Waals surface area contributed by atoms with Crippen molar-refractivity contribution >= 4 is 23.3 Å². The molecule has 324 valence electrons. The molecule has 0 saturated heterocycles. The molecule has 9 aromatic carbocycles. The number of rotatable bonds is 4. The molecule has 9 aromatic rings. The third kappa shape index (κ3) is 5.15. The highest BCUT2D eigenvalue weighted by atomic mass is 32.2. The van der Waals surface area contributed by atoms with Crippen LogP contribution in [-0.2, 0) is 16.2 Å². The van der Waals surface area contributed by atoms with Crippen molar-refractivity contribution in [1.29, 1.82) is 0 Å². The fourth-order valence-electron chi connectivity index (χ4n) is 13.4. The van der Waals surface area contributed by atoms with E-state index in [1.807, 2.05) is 11.8 Å². The summed E-state index contributed by atoms with van der Waals surface area (Å²) in [5.41, 5.74) is 22.1. The highest BCUT2D eigenvalue weighted by molar-refractivity contribution is 7.99. The molecule has 0 radical (unpaired) electrons. The van der Waals surface area contributed by atoms with E-state index in [1.54, 1.807) is 0 Å². The summed E-state index contributed by atoms with van der Waals surface area (Å²) in [6.07, 6.45) is 0.900. The molecular weight excluding hydrogens is 841 g/mol. The van der Waals surface area contributed by atoms with Crippen molar-refractivity contribution in [3.63, 3.8) is 0 Å². The van der Waals surface area contributed by atoms with Gasteiger partial charge in [-0.05, 0) is 120 Å². The Kier molecular flexibility index (Phi) is 8.54. The second-order valence-corrected chi connectivity index (χ2v) is 20.8. The normalized spacial score (nSPS) is 18.8. The molecule has 2 aliphatic heterocycles. The van der Waals surface area contributed by atoms with Crippen molar-refractivity contribution in [3.05, 3.63) is 285 Å². The minimum absolute atomic E-state index is 0.0661. The smallest absolute Gasteiger partial charge is 0.155 e. The molecular formula is C65H48N2S. The second kappa shape index (κ2) is 14.6. The molecule has 0 fully saturated rings. The highest BCUT2D eigenvalue weighted by Gasteiger charge is 2.58. The highest BCUT2D eigenvalue weighted by Crippen LogP contribution is 2.67. The average Bonchev–Trinajstić information content (AvgIpc) is 3.82. The van der Waals surface area contributed by atoms with Gasteiger partial charge < -0.3 is 0 Å². The maximum atomic E-state index is 5.67. The summed E-state index contributed by atoms with van der Waals surface area (Å²) in [7, 11) is 0. The first kappa shape index (κ1) is 39.8. The molecule has 5 aliphatic rings. The number of aliphatic imine (C=N–C) groups is 2. The van der Waals surface area contributed by atoms with Crippen molar-refractivity contribution in [2.75, 3.05) is 0 Å². The lowest BCUT2D eigenvalue weighted by atomic mass is 9.51. The lowest BCUT2D eigenvalue weighted by Crippen LogP contribution is -2.45. The van der Waals surface area contributed by atoms with Crippen molar-refractivity contribution in [2.45, 2.75) is 59.3 Å². The molecule has 0 bridgehead atoms. The van der Waals surface area contributed by atoms with Crippen LogP contribution in [0.15, 0.2) is 232 Å². The van der Waals surface area contributed by atoms with Crippen LogP contribution in [-0.4, -0.2) is 11.5 Å². The maximum absolute atomic E-state index is 5.67. The fraction of sp³-hybridized carbons (Fsp3) is 0.138. The molecule has 2 unspecified atom stereocenters. The molecule has 3 aliphatic carbocycles. The maximum Gasteiger partial charge on any atom is 0.155 e. The van der Waals surface area contributed by atoms with Crippen molar-refractivity contribution in [1.82, 2.24) is 0 Å². The third-order valence-electron chi connectivity index (χ3n) is 16.3. The summed E-state index contributed by atoms with van der Waals surface area (Å²) in [6.45, 7) is 7.04. The van der Waals surface area contributed by atoms with E-state index in [2.05, 4.69) is 233 Å². The van der Waals surface area contributed by atoms with Gasteiger partial charge in [0.15, 0.2) is 5.84 Å². The van der Waals surface area contributed by atoms with E-state index < -0.39 is 10.8 Å². The summed E-state index contributed by atoms with van der Waals surface area (Å²) in [6, 6.07) is 80.1. The minimum Gasteiger partial charge on any atom is -0.257 e. The van der Waals surface area contributed by atoms with Crippen LogP contribution < -0.4 is 0 Å². The zero-order valence-corrected chi connectivity index (χ0v) is 39.2. The summed E-state index contributed by atoms with van der Waals surface area (Å²) < 4.78 is 0. The zero-order chi connectivity index (χ0) is 45.4. The van der Waals surface area contributed by atoms with Crippen LogP contribution in [0.3, 0.4) is 0 Å². The van der Waals surface area contributed by atoms with Crippen LogP contribution >= 0.6 is 11.8 Å². The van der Waals surface area contributed by atoms with Crippen LogP contribution in [0.5, 0.6) is 0 Å². The Morgan fingerprint density at radius 1 is 0.412 bits per heavy atom. The number of hydrogen-bond acceptors (Lipinski definition) is 3. The lowest BCUT2D eigenvalue weighted by molar-refractivity contribution is 0.532. The van der Waals surface area contributed by atoms with Crippen molar-refractivity contribution in [2.24, 2.45) is 15.9 Å². The monoisotopic (exact) mass is 888 g/mol. The van der Waals surface area contributed by atoms with Gasteiger partial charge in [0.1, 0.15) is 0 Å². The predicted molar refractivity (Wildman–Crippen MR) is 280 cm³/mol. The Morgan fingerprint density at radius 3 is 1.51 bits per heavy atom. The molecule has 2 nitrogen and oxygen atoms in total. The standard InChI is InChI=1S/C65H48N2S/c1-4-43-60(66-62(40-20-6-5-7-21-40)67-61(43)42-34-36-46-44-22-8-10-24-48(44)63(2,3)57(46)39-42)41-35-37-50-47(38-41)45-23-9-11-25-49(45)64(50)51-26-12-14-28-53(51)65(54-29-15-13-27-52(54)64)55-30-16-18-32-58(55)68-59-33-19-17-31-56(59)65/h5-39,43,60H,4H2,1-3H3. The molecule has 2 spiro atoms. The van der Waals surface area contributed by atoms with Gasteiger partial charge in [0.25, 0.3) is 0 Å². The summed E-state index contributed by atoms with van der Waals surface area (Å²) >= 11 is 1.90. The van der Waals surface area contributed by atoms with Crippen LogP contribution in [0, 0.1) is 5.92 Å². The number of benzene rings is 9. The Balaban J connectivity index is 0.978. The van der Waals surface area contributed by atoms with Crippen LogP contribution in [0.4, 0.5) is 0 Å². The van der Waals surface area contributed by atoms with E-state index in [0.717, 1.165) is 23.5 Å². The Hall–Kier alpha value is -7.33. The molecule has 68 heavy (non-hydrogen) atoms. The number of amidine groups is 1. The van der Waals surface area contributed by atoms with Crippen molar-refractivity contribution < 1.29 is 0 Å². The first-order valence-electron chi connectivity index (χ1n) is 24.2. The van der Waals surface area contributed by atoms with E-state index in [9.17, 15) is 0 Å². The largest absolute Gasteiger partial charge is 0.257 e. The molecule has 3 heteroatoms. The van der Waals surface area contributed by atoms with E-state index in [1.165, 1.54) is 98.8 Å². The zero-order valence-electron chi connectivity index (χ0n) is 38.4. The number of fused-ring (bicyclic) bond motifs is 18. The number of hydrogen-bond donors (Lipinski definition) is 0. The van der Waals surface area contributed by atoms with Gasteiger partial charge in [-0.15, -0.1) is 0 Å². The second-order valence-electron chi connectivity index (χ2n) is 19.7. The van der Waals surface area contributed by atoms with E-state index in [4.69, 9.17) is 9.98 Å². The number of nitrogens with zero attached hydrogens (tertiary/aromatic N) is 2.